The highest BCUT2D eigenvalue weighted by atomic mass is 16.5. The molecule has 4 heteroatoms. The Kier molecular flexibility index (Phi) is 5.96. The van der Waals surface area contributed by atoms with E-state index >= 15 is 0 Å². The molecule has 0 spiro atoms. The van der Waals surface area contributed by atoms with Gasteiger partial charge in [-0.25, -0.2) is 0 Å². The second-order valence-corrected chi connectivity index (χ2v) is 8.08. The van der Waals surface area contributed by atoms with Crippen molar-refractivity contribution in [2.24, 2.45) is 0 Å². The summed E-state index contributed by atoms with van der Waals surface area (Å²) >= 11 is 0. The van der Waals surface area contributed by atoms with Gasteiger partial charge in [0.1, 0.15) is 0 Å². The van der Waals surface area contributed by atoms with Crippen molar-refractivity contribution in [2.75, 3.05) is 25.1 Å². The molecule has 2 aromatic carbocycles. The molecule has 1 atom stereocenters. The Hall–Kier alpha value is -2.98. The van der Waals surface area contributed by atoms with Gasteiger partial charge in [0.05, 0.1) is 6.10 Å². The summed E-state index contributed by atoms with van der Waals surface area (Å²) in [4.78, 5) is 19.6. The van der Waals surface area contributed by atoms with Crippen molar-refractivity contribution in [3.63, 3.8) is 0 Å². The Morgan fingerprint density at radius 1 is 1.10 bits per heavy atom. The number of ether oxygens (including phenoxy) is 1. The lowest BCUT2D eigenvalue weighted by Crippen LogP contribution is -2.51. The predicted octanol–water partition coefficient (Wildman–Crippen LogP) is 4.94. The number of hydrogen-bond acceptors (Lipinski definition) is 4. The monoisotopic (exact) mass is 400 g/mol. The second kappa shape index (κ2) is 8.80. The van der Waals surface area contributed by atoms with Crippen LogP contribution >= 0.6 is 0 Å². The maximum Gasteiger partial charge on any atom is 0.163 e. The standard InChI is InChI=1S/C26H28N2O2/c1-18-6-4-5-7-24(18)25(15-26(29)21-12-13-27-19(2)14-21)20-8-10-22(11-9-20)28-16-23(17-28)30-3/h4-14,23,25H,15-17H2,1-3H3. The van der Waals surface area contributed by atoms with Crippen LogP contribution in [0, 0.1) is 13.8 Å². The summed E-state index contributed by atoms with van der Waals surface area (Å²) in [5, 5.41) is 0. The molecule has 3 aromatic rings. The van der Waals surface area contributed by atoms with Crippen LogP contribution < -0.4 is 4.90 Å². The maximum absolute atomic E-state index is 13.1. The number of nitrogens with zero attached hydrogens (tertiary/aromatic N) is 2. The van der Waals surface area contributed by atoms with Crippen LogP contribution in [0.5, 0.6) is 0 Å². The molecular formula is C26H28N2O2. The summed E-state index contributed by atoms with van der Waals surface area (Å²) in [6.07, 6.45) is 2.47. The number of methoxy groups -OCH3 is 1. The first-order valence-electron chi connectivity index (χ1n) is 10.4. The second-order valence-electron chi connectivity index (χ2n) is 8.08. The number of benzene rings is 2. The molecule has 1 aliphatic heterocycles. The lowest BCUT2D eigenvalue weighted by Gasteiger charge is -2.40. The van der Waals surface area contributed by atoms with Crippen molar-refractivity contribution in [1.29, 1.82) is 0 Å². The molecule has 1 aromatic heterocycles. The molecule has 0 saturated carbocycles. The first-order valence-corrected chi connectivity index (χ1v) is 10.4. The zero-order valence-corrected chi connectivity index (χ0v) is 17.8. The van der Waals surface area contributed by atoms with Crippen molar-refractivity contribution in [3.05, 3.63) is 94.8 Å². The summed E-state index contributed by atoms with van der Waals surface area (Å²) in [6, 6.07) is 20.7. The zero-order chi connectivity index (χ0) is 21.1. The Bertz CT molecular complexity index is 1020. The maximum atomic E-state index is 13.1. The smallest absolute Gasteiger partial charge is 0.163 e. The van der Waals surface area contributed by atoms with Crippen LogP contribution in [0.1, 0.15) is 45.1 Å². The number of carbonyl (C=O) groups excluding carboxylic acids is 1. The van der Waals surface area contributed by atoms with Gasteiger partial charge in [-0.05, 0) is 54.8 Å². The van der Waals surface area contributed by atoms with Gasteiger partial charge in [0.2, 0.25) is 0 Å². The molecule has 0 amide bonds. The fourth-order valence-electron chi connectivity index (χ4n) is 4.12. The van der Waals surface area contributed by atoms with Gasteiger partial charge in [0, 0.05) is 55.7 Å². The summed E-state index contributed by atoms with van der Waals surface area (Å²) in [7, 11) is 1.76. The summed E-state index contributed by atoms with van der Waals surface area (Å²) in [5.41, 5.74) is 6.36. The number of aromatic nitrogens is 1. The van der Waals surface area contributed by atoms with Crippen molar-refractivity contribution in [2.45, 2.75) is 32.3 Å². The minimum absolute atomic E-state index is 0.0179. The molecule has 1 aliphatic rings. The van der Waals surface area contributed by atoms with E-state index < -0.39 is 0 Å². The molecule has 1 unspecified atom stereocenters. The Labute approximate surface area is 178 Å². The fraction of sp³-hybridized carbons (Fsp3) is 0.308. The molecule has 0 N–H and O–H groups in total. The Balaban J connectivity index is 1.61. The van der Waals surface area contributed by atoms with Gasteiger partial charge in [0.25, 0.3) is 0 Å². The molecule has 4 rings (SSSR count). The molecule has 0 radical (unpaired) electrons. The van der Waals surface area contributed by atoms with Crippen LogP contribution in [0.15, 0.2) is 66.9 Å². The highest BCUT2D eigenvalue weighted by molar-refractivity contribution is 5.96. The van der Waals surface area contributed by atoms with E-state index in [1.165, 1.54) is 16.8 Å². The van der Waals surface area contributed by atoms with E-state index in [1.54, 1.807) is 13.3 Å². The van der Waals surface area contributed by atoms with Gasteiger partial charge < -0.3 is 9.64 Å². The topological polar surface area (TPSA) is 42.4 Å². The van der Waals surface area contributed by atoms with Crippen molar-refractivity contribution in [1.82, 2.24) is 4.98 Å². The van der Waals surface area contributed by atoms with Crippen LogP contribution in [0.3, 0.4) is 0 Å². The van der Waals surface area contributed by atoms with Crippen LogP contribution in [0.4, 0.5) is 5.69 Å². The number of carbonyl (C=O) groups is 1. The Morgan fingerprint density at radius 3 is 2.50 bits per heavy atom. The third kappa shape index (κ3) is 4.29. The van der Waals surface area contributed by atoms with E-state index in [2.05, 4.69) is 59.3 Å². The number of aryl methyl sites for hydroxylation is 2. The number of anilines is 1. The van der Waals surface area contributed by atoms with Gasteiger partial charge in [-0.2, -0.15) is 0 Å². The molecule has 2 heterocycles. The van der Waals surface area contributed by atoms with E-state index in [0.717, 1.165) is 29.9 Å². The van der Waals surface area contributed by atoms with E-state index in [4.69, 9.17) is 4.74 Å². The summed E-state index contributed by atoms with van der Waals surface area (Å²) < 4.78 is 5.38. The molecule has 0 bridgehead atoms. The third-order valence-electron chi connectivity index (χ3n) is 6.01. The van der Waals surface area contributed by atoms with Gasteiger partial charge in [0.15, 0.2) is 5.78 Å². The van der Waals surface area contributed by atoms with Crippen LogP contribution in [-0.2, 0) is 4.74 Å². The predicted molar refractivity (Wildman–Crippen MR) is 120 cm³/mol. The third-order valence-corrected chi connectivity index (χ3v) is 6.01. The molecule has 0 aliphatic carbocycles. The number of hydrogen-bond donors (Lipinski definition) is 0. The van der Waals surface area contributed by atoms with Crippen LogP contribution in [0.2, 0.25) is 0 Å². The quantitative estimate of drug-likeness (QED) is 0.527. The minimum atomic E-state index is 0.0179. The van der Waals surface area contributed by atoms with Crippen molar-refractivity contribution < 1.29 is 9.53 Å². The van der Waals surface area contributed by atoms with Gasteiger partial charge in [-0.3, -0.25) is 9.78 Å². The highest BCUT2D eigenvalue weighted by Gasteiger charge is 2.27. The molecule has 1 fully saturated rings. The van der Waals surface area contributed by atoms with E-state index in [9.17, 15) is 4.79 Å². The minimum Gasteiger partial charge on any atom is -0.378 e. The fourth-order valence-corrected chi connectivity index (χ4v) is 4.12. The Morgan fingerprint density at radius 2 is 1.83 bits per heavy atom. The average molecular weight is 401 g/mol. The van der Waals surface area contributed by atoms with Gasteiger partial charge in [-0.1, -0.05) is 36.4 Å². The van der Waals surface area contributed by atoms with E-state index in [0.29, 0.717) is 12.5 Å². The average Bonchev–Trinajstić information content (AvgIpc) is 2.72. The van der Waals surface area contributed by atoms with Crippen molar-refractivity contribution >= 4 is 11.5 Å². The first-order chi connectivity index (χ1) is 14.5. The molecule has 154 valence electrons. The van der Waals surface area contributed by atoms with Crippen molar-refractivity contribution in [3.8, 4) is 0 Å². The summed E-state index contributed by atoms with van der Waals surface area (Å²) in [5.74, 6) is 0.160. The molecule has 1 saturated heterocycles. The van der Waals surface area contributed by atoms with Gasteiger partial charge >= 0.3 is 0 Å². The molecular weight excluding hydrogens is 372 g/mol. The van der Waals surface area contributed by atoms with Crippen LogP contribution in [0.25, 0.3) is 0 Å². The SMILES string of the molecule is COC1CN(c2ccc(C(CC(=O)c3ccnc(C)c3)c3ccccc3C)cc2)C1. The normalized spacial score (nSPS) is 15.0. The lowest BCUT2D eigenvalue weighted by atomic mass is 9.83. The molecule has 4 nitrogen and oxygen atoms in total. The number of Topliss-reactive ketones (excluding diaryl/α,β-unsaturated/α-hetero) is 1. The lowest BCUT2D eigenvalue weighted by molar-refractivity contribution is 0.0787. The van der Waals surface area contributed by atoms with E-state index in [-0.39, 0.29) is 11.7 Å². The first kappa shape index (κ1) is 20.3. The van der Waals surface area contributed by atoms with E-state index in [1.807, 2.05) is 25.1 Å². The largest absolute Gasteiger partial charge is 0.378 e. The molecule has 30 heavy (non-hydrogen) atoms. The number of ketones is 1. The zero-order valence-electron chi connectivity index (χ0n) is 17.8. The highest BCUT2D eigenvalue weighted by Crippen LogP contribution is 2.33. The van der Waals surface area contributed by atoms with Gasteiger partial charge in [-0.15, -0.1) is 0 Å². The number of rotatable bonds is 7. The summed E-state index contributed by atoms with van der Waals surface area (Å²) in [6.45, 7) is 5.88. The van der Waals surface area contributed by atoms with Crippen LogP contribution in [-0.4, -0.2) is 37.1 Å². The number of pyridine rings is 1.